The Hall–Kier alpha value is -0.890. The smallest absolute Gasteiger partial charge is 0.123 e. The third kappa shape index (κ3) is 3.81. The molecule has 94 valence electrons. The fourth-order valence-corrected chi connectivity index (χ4v) is 2.44. The van der Waals surface area contributed by atoms with Crippen molar-refractivity contribution >= 4 is 0 Å². The van der Waals surface area contributed by atoms with Crippen LogP contribution in [-0.2, 0) is 0 Å². The van der Waals surface area contributed by atoms with Crippen molar-refractivity contribution in [2.45, 2.75) is 51.6 Å². The summed E-state index contributed by atoms with van der Waals surface area (Å²) in [5.74, 6) is 0.792. The minimum absolute atomic E-state index is 0.141. The van der Waals surface area contributed by atoms with Gasteiger partial charge in [-0.15, -0.1) is 0 Å². The third-order valence-electron chi connectivity index (χ3n) is 3.53. The molecule has 2 rings (SSSR count). The van der Waals surface area contributed by atoms with E-state index in [1.807, 2.05) is 6.07 Å². The number of rotatable bonds is 6. The van der Waals surface area contributed by atoms with Gasteiger partial charge < -0.3 is 5.32 Å². The second-order valence-electron chi connectivity index (χ2n) is 5.26. The van der Waals surface area contributed by atoms with Crippen LogP contribution in [0.2, 0.25) is 0 Å². The largest absolute Gasteiger partial charge is 0.307 e. The van der Waals surface area contributed by atoms with Crippen LogP contribution in [0, 0.1) is 11.7 Å². The van der Waals surface area contributed by atoms with Crippen molar-refractivity contribution in [3.8, 4) is 0 Å². The topological polar surface area (TPSA) is 12.0 Å². The molecule has 2 atom stereocenters. The molecule has 1 fully saturated rings. The molecule has 17 heavy (non-hydrogen) atoms. The lowest BCUT2D eigenvalue weighted by Crippen LogP contribution is -2.30. The SMILES string of the molecule is CCC(NC(C)CC1CC1)c1cccc(F)c1. The average Bonchev–Trinajstić information content (AvgIpc) is 3.09. The van der Waals surface area contributed by atoms with Crippen molar-refractivity contribution in [3.05, 3.63) is 35.6 Å². The van der Waals surface area contributed by atoms with Crippen LogP contribution < -0.4 is 5.32 Å². The molecule has 2 unspecified atom stereocenters. The highest BCUT2D eigenvalue weighted by atomic mass is 19.1. The van der Waals surface area contributed by atoms with Gasteiger partial charge in [0.2, 0.25) is 0 Å². The van der Waals surface area contributed by atoms with E-state index in [0.717, 1.165) is 17.9 Å². The molecule has 1 N–H and O–H groups in total. The number of hydrogen-bond acceptors (Lipinski definition) is 1. The van der Waals surface area contributed by atoms with E-state index >= 15 is 0 Å². The zero-order valence-electron chi connectivity index (χ0n) is 10.7. The summed E-state index contributed by atoms with van der Waals surface area (Å²) >= 11 is 0. The van der Waals surface area contributed by atoms with E-state index in [1.165, 1.54) is 25.3 Å². The fourth-order valence-electron chi connectivity index (χ4n) is 2.44. The van der Waals surface area contributed by atoms with Crippen molar-refractivity contribution < 1.29 is 4.39 Å². The number of hydrogen-bond donors (Lipinski definition) is 1. The Kier molecular flexibility index (Phi) is 4.16. The van der Waals surface area contributed by atoms with Crippen LogP contribution in [0.25, 0.3) is 0 Å². The Morgan fingerprint density at radius 3 is 2.76 bits per heavy atom. The normalized spacial score (nSPS) is 19.0. The van der Waals surface area contributed by atoms with Gasteiger partial charge in [0, 0.05) is 12.1 Å². The van der Waals surface area contributed by atoms with Crippen LogP contribution in [0.5, 0.6) is 0 Å². The zero-order valence-corrected chi connectivity index (χ0v) is 10.7. The van der Waals surface area contributed by atoms with Crippen LogP contribution in [0.1, 0.15) is 51.1 Å². The van der Waals surface area contributed by atoms with Crippen molar-refractivity contribution in [3.63, 3.8) is 0 Å². The molecule has 0 amide bonds. The van der Waals surface area contributed by atoms with E-state index in [-0.39, 0.29) is 11.9 Å². The molecule has 2 heteroatoms. The summed E-state index contributed by atoms with van der Waals surface area (Å²) in [6.07, 6.45) is 5.04. The molecule has 0 aliphatic heterocycles. The van der Waals surface area contributed by atoms with E-state index < -0.39 is 0 Å². The minimum atomic E-state index is -0.141. The molecule has 0 bridgehead atoms. The standard InChI is InChI=1S/C15H22FN/c1-3-15(13-5-4-6-14(16)10-13)17-11(2)9-12-7-8-12/h4-6,10-12,15,17H,3,7-9H2,1-2H3. The molecule has 0 aromatic heterocycles. The van der Waals surface area contributed by atoms with Gasteiger partial charge >= 0.3 is 0 Å². The molecule has 1 aromatic rings. The second-order valence-corrected chi connectivity index (χ2v) is 5.26. The van der Waals surface area contributed by atoms with Crippen LogP contribution in [0.4, 0.5) is 4.39 Å². The molecule has 0 heterocycles. The van der Waals surface area contributed by atoms with Crippen molar-refractivity contribution in [1.82, 2.24) is 5.32 Å². The maximum atomic E-state index is 13.2. The Bertz CT molecular complexity index is 360. The maximum absolute atomic E-state index is 13.2. The third-order valence-corrected chi connectivity index (χ3v) is 3.53. The van der Waals surface area contributed by atoms with Crippen LogP contribution in [0.15, 0.2) is 24.3 Å². The second kappa shape index (κ2) is 5.63. The highest BCUT2D eigenvalue weighted by Crippen LogP contribution is 2.34. The summed E-state index contributed by atoms with van der Waals surface area (Å²) in [5.41, 5.74) is 1.06. The van der Waals surface area contributed by atoms with Gasteiger partial charge in [0.05, 0.1) is 0 Å². The highest BCUT2D eigenvalue weighted by Gasteiger charge is 2.24. The molecule has 0 saturated heterocycles. The molecule has 0 radical (unpaired) electrons. The monoisotopic (exact) mass is 235 g/mol. The van der Waals surface area contributed by atoms with Crippen molar-refractivity contribution in [2.24, 2.45) is 5.92 Å². The predicted molar refractivity (Wildman–Crippen MR) is 69.4 cm³/mol. The predicted octanol–water partition coefficient (Wildman–Crippen LogP) is 4.06. The summed E-state index contributed by atoms with van der Waals surface area (Å²) in [7, 11) is 0. The first-order valence-electron chi connectivity index (χ1n) is 6.70. The summed E-state index contributed by atoms with van der Waals surface area (Å²) in [4.78, 5) is 0. The van der Waals surface area contributed by atoms with E-state index in [2.05, 4.69) is 19.2 Å². The first-order valence-corrected chi connectivity index (χ1v) is 6.70. The fraction of sp³-hybridized carbons (Fsp3) is 0.600. The zero-order chi connectivity index (χ0) is 12.3. The summed E-state index contributed by atoms with van der Waals surface area (Å²) in [5, 5.41) is 3.61. The Morgan fingerprint density at radius 2 is 2.18 bits per heavy atom. The molecule has 1 aromatic carbocycles. The minimum Gasteiger partial charge on any atom is -0.307 e. The van der Waals surface area contributed by atoms with Crippen LogP contribution >= 0.6 is 0 Å². The molecule has 1 saturated carbocycles. The van der Waals surface area contributed by atoms with Gasteiger partial charge in [0.1, 0.15) is 5.82 Å². The van der Waals surface area contributed by atoms with Gasteiger partial charge in [-0.25, -0.2) is 4.39 Å². The van der Waals surface area contributed by atoms with Crippen molar-refractivity contribution in [1.29, 1.82) is 0 Å². The van der Waals surface area contributed by atoms with Gasteiger partial charge in [-0.1, -0.05) is 31.9 Å². The molecule has 0 spiro atoms. The highest BCUT2D eigenvalue weighted by molar-refractivity contribution is 5.20. The Balaban J connectivity index is 1.94. The summed E-state index contributed by atoms with van der Waals surface area (Å²) < 4.78 is 13.2. The van der Waals surface area contributed by atoms with E-state index in [0.29, 0.717) is 6.04 Å². The lowest BCUT2D eigenvalue weighted by Gasteiger charge is -2.22. The van der Waals surface area contributed by atoms with Gasteiger partial charge in [-0.05, 0) is 43.4 Å². The van der Waals surface area contributed by atoms with Crippen LogP contribution in [-0.4, -0.2) is 6.04 Å². The van der Waals surface area contributed by atoms with Gasteiger partial charge in [-0.3, -0.25) is 0 Å². The molecule has 1 aliphatic rings. The van der Waals surface area contributed by atoms with E-state index in [1.54, 1.807) is 12.1 Å². The van der Waals surface area contributed by atoms with E-state index in [9.17, 15) is 4.39 Å². The van der Waals surface area contributed by atoms with Gasteiger partial charge in [0.25, 0.3) is 0 Å². The quantitative estimate of drug-likeness (QED) is 0.784. The maximum Gasteiger partial charge on any atom is 0.123 e. The lowest BCUT2D eigenvalue weighted by atomic mass is 10.0. The summed E-state index contributed by atoms with van der Waals surface area (Å²) in [6.45, 7) is 4.38. The first-order chi connectivity index (χ1) is 8.19. The Morgan fingerprint density at radius 1 is 1.41 bits per heavy atom. The molecule has 1 aliphatic carbocycles. The van der Waals surface area contributed by atoms with Crippen LogP contribution in [0.3, 0.4) is 0 Å². The Labute approximate surface area is 103 Å². The first kappa shape index (κ1) is 12.6. The van der Waals surface area contributed by atoms with E-state index in [4.69, 9.17) is 0 Å². The lowest BCUT2D eigenvalue weighted by molar-refractivity contribution is 0.412. The number of halogens is 1. The number of benzene rings is 1. The average molecular weight is 235 g/mol. The molecular weight excluding hydrogens is 213 g/mol. The van der Waals surface area contributed by atoms with Crippen molar-refractivity contribution in [2.75, 3.05) is 0 Å². The van der Waals surface area contributed by atoms with Gasteiger partial charge in [-0.2, -0.15) is 0 Å². The number of nitrogens with one attached hydrogen (secondary N) is 1. The van der Waals surface area contributed by atoms with Gasteiger partial charge in [0.15, 0.2) is 0 Å². The summed E-state index contributed by atoms with van der Waals surface area (Å²) in [6, 6.07) is 7.75. The molecule has 1 nitrogen and oxygen atoms in total. The molecular formula is C15H22FN.